The van der Waals surface area contributed by atoms with E-state index in [0.29, 0.717) is 29.5 Å². The molecule has 0 amide bonds. The minimum Gasteiger partial charge on any atom is -0.305 e. The van der Waals surface area contributed by atoms with Crippen molar-refractivity contribution in [3.05, 3.63) is 0 Å². The number of hydrogen-bond donors (Lipinski definition) is 0. The fourth-order valence-corrected chi connectivity index (χ4v) is 2.78. The van der Waals surface area contributed by atoms with E-state index in [2.05, 4.69) is 25.8 Å². The van der Waals surface area contributed by atoms with Gasteiger partial charge in [-0.3, -0.25) is 4.79 Å². The fourth-order valence-electron chi connectivity index (χ4n) is 2.78. The zero-order chi connectivity index (χ0) is 8.88. The average Bonchev–Trinajstić information content (AvgIpc) is 2.21. The van der Waals surface area contributed by atoms with Gasteiger partial charge < -0.3 is 4.90 Å². The van der Waals surface area contributed by atoms with Gasteiger partial charge >= 0.3 is 0 Å². The predicted molar refractivity (Wildman–Crippen MR) is 47.8 cm³/mol. The first-order valence-electron chi connectivity index (χ1n) is 4.83. The molecule has 0 N–H and O–H groups in total. The topological polar surface area (TPSA) is 20.3 Å². The number of hydrogen-bond acceptors (Lipinski definition) is 2. The highest BCUT2D eigenvalue weighted by atomic mass is 16.1. The molecule has 0 spiro atoms. The molecule has 0 aromatic carbocycles. The monoisotopic (exact) mass is 167 g/mol. The van der Waals surface area contributed by atoms with Crippen LogP contribution in [0.3, 0.4) is 0 Å². The number of Topliss-reactive ketones (excluding diaryl/α,β-unsaturated/α-hetero) is 1. The highest BCUT2D eigenvalue weighted by Crippen LogP contribution is 2.41. The molecule has 4 atom stereocenters. The van der Waals surface area contributed by atoms with Gasteiger partial charge in [0.2, 0.25) is 0 Å². The normalized spacial score (nSPS) is 48.4. The first-order valence-corrected chi connectivity index (χ1v) is 4.83. The molecule has 0 radical (unpaired) electrons. The van der Waals surface area contributed by atoms with Gasteiger partial charge in [0.25, 0.3) is 0 Å². The number of rotatable bonds is 0. The van der Waals surface area contributed by atoms with Crippen molar-refractivity contribution < 1.29 is 4.79 Å². The zero-order valence-electron chi connectivity index (χ0n) is 8.08. The SMILES string of the molecule is C[C@H]1C2CN(C)CC(C2=O)[C@@H]1C. The highest BCUT2D eigenvalue weighted by molar-refractivity contribution is 5.87. The Kier molecular flexibility index (Phi) is 1.76. The molecule has 1 saturated heterocycles. The van der Waals surface area contributed by atoms with Crippen LogP contribution in [0, 0.1) is 23.7 Å². The van der Waals surface area contributed by atoms with Crippen LogP contribution in [0.5, 0.6) is 0 Å². The molecule has 0 aromatic heterocycles. The Hall–Kier alpha value is -0.370. The zero-order valence-corrected chi connectivity index (χ0v) is 8.08. The third-order valence-corrected chi connectivity index (χ3v) is 3.85. The quantitative estimate of drug-likeness (QED) is 0.537. The largest absolute Gasteiger partial charge is 0.305 e. The molecule has 1 aliphatic carbocycles. The van der Waals surface area contributed by atoms with Crippen LogP contribution in [-0.4, -0.2) is 30.8 Å². The first-order chi connectivity index (χ1) is 5.61. The molecule has 1 aliphatic heterocycles. The van der Waals surface area contributed by atoms with Gasteiger partial charge in [-0.15, -0.1) is 0 Å². The van der Waals surface area contributed by atoms with E-state index in [9.17, 15) is 4.79 Å². The van der Waals surface area contributed by atoms with E-state index in [4.69, 9.17) is 0 Å². The van der Waals surface area contributed by atoms with Crippen molar-refractivity contribution in [1.29, 1.82) is 0 Å². The standard InChI is InChI=1S/C10H17NO/c1-6-7(2)9-5-11(3)4-8(6)10(9)12/h6-9H,4-5H2,1-3H3/t6-,7-,8?,9?/m1/s1. The number of carbonyl (C=O) groups excluding carboxylic acids is 1. The number of carbonyl (C=O) groups is 1. The Labute approximate surface area is 73.9 Å². The molecule has 2 aliphatic rings. The number of fused-ring (bicyclic) bond motifs is 2. The second-order valence-electron chi connectivity index (χ2n) is 4.55. The summed E-state index contributed by atoms with van der Waals surface area (Å²) in [6.07, 6.45) is 0. The van der Waals surface area contributed by atoms with Gasteiger partial charge in [0, 0.05) is 24.9 Å². The maximum atomic E-state index is 11.7. The summed E-state index contributed by atoms with van der Waals surface area (Å²) >= 11 is 0. The van der Waals surface area contributed by atoms with Crippen molar-refractivity contribution in [2.24, 2.45) is 23.7 Å². The van der Waals surface area contributed by atoms with Crippen molar-refractivity contribution in [3.8, 4) is 0 Å². The molecule has 2 unspecified atom stereocenters. The van der Waals surface area contributed by atoms with Crippen molar-refractivity contribution in [1.82, 2.24) is 4.90 Å². The molecule has 12 heavy (non-hydrogen) atoms. The second-order valence-corrected chi connectivity index (χ2v) is 4.55. The van der Waals surface area contributed by atoms with Crippen LogP contribution in [0.15, 0.2) is 0 Å². The van der Waals surface area contributed by atoms with E-state index in [1.54, 1.807) is 0 Å². The smallest absolute Gasteiger partial charge is 0.142 e. The number of ketones is 1. The Balaban J connectivity index is 2.26. The summed E-state index contributed by atoms with van der Waals surface area (Å²) in [5.41, 5.74) is 0. The van der Waals surface area contributed by atoms with Crippen molar-refractivity contribution in [2.45, 2.75) is 13.8 Å². The molecular formula is C10H17NO. The third kappa shape index (κ3) is 0.939. The average molecular weight is 167 g/mol. The third-order valence-electron chi connectivity index (χ3n) is 3.85. The van der Waals surface area contributed by atoms with Crippen molar-refractivity contribution in [2.75, 3.05) is 20.1 Å². The van der Waals surface area contributed by atoms with E-state index in [-0.39, 0.29) is 0 Å². The fraction of sp³-hybridized carbons (Fsp3) is 0.900. The lowest BCUT2D eigenvalue weighted by Gasteiger charge is -2.27. The Morgan fingerprint density at radius 2 is 1.58 bits per heavy atom. The summed E-state index contributed by atoms with van der Waals surface area (Å²) in [4.78, 5) is 14.0. The minimum absolute atomic E-state index is 0.337. The summed E-state index contributed by atoms with van der Waals surface area (Å²) < 4.78 is 0. The lowest BCUT2D eigenvalue weighted by molar-refractivity contribution is -0.127. The molecule has 1 saturated carbocycles. The van der Waals surface area contributed by atoms with Crippen LogP contribution in [-0.2, 0) is 4.79 Å². The first kappa shape index (κ1) is 8.24. The van der Waals surface area contributed by atoms with Crippen molar-refractivity contribution >= 4 is 5.78 Å². The van der Waals surface area contributed by atoms with Crippen LogP contribution in [0.2, 0.25) is 0 Å². The number of likely N-dealkylation sites (tertiary alicyclic amines) is 1. The summed E-state index contributed by atoms with van der Waals surface area (Å²) in [6, 6.07) is 0. The molecule has 2 nitrogen and oxygen atoms in total. The van der Waals surface area contributed by atoms with Gasteiger partial charge in [0.05, 0.1) is 0 Å². The van der Waals surface area contributed by atoms with E-state index in [1.165, 1.54) is 0 Å². The van der Waals surface area contributed by atoms with E-state index in [0.717, 1.165) is 13.1 Å². The maximum Gasteiger partial charge on any atom is 0.142 e. The Morgan fingerprint density at radius 1 is 1.17 bits per heavy atom. The van der Waals surface area contributed by atoms with Gasteiger partial charge in [-0.25, -0.2) is 0 Å². The predicted octanol–water partition coefficient (Wildman–Crippen LogP) is 1.02. The van der Waals surface area contributed by atoms with Crippen LogP contribution >= 0.6 is 0 Å². The molecule has 2 rings (SSSR count). The second kappa shape index (κ2) is 2.56. The Morgan fingerprint density at radius 3 is 2.00 bits per heavy atom. The molecule has 1 heterocycles. The van der Waals surface area contributed by atoms with Crippen LogP contribution in [0.1, 0.15) is 13.8 Å². The molecule has 2 heteroatoms. The van der Waals surface area contributed by atoms with Gasteiger partial charge in [-0.2, -0.15) is 0 Å². The number of nitrogens with zero attached hydrogens (tertiary/aromatic N) is 1. The van der Waals surface area contributed by atoms with E-state index < -0.39 is 0 Å². The lowest BCUT2D eigenvalue weighted by atomic mass is 9.92. The molecular weight excluding hydrogens is 150 g/mol. The maximum absolute atomic E-state index is 11.7. The van der Waals surface area contributed by atoms with Crippen molar-refractivity contribution in [3.63, 3.8) is 0 Å². The van der Waals surface area contributed by atoms with Gasteiger partial charge in [-0.05, 0) is 18.9 Å². The molecule has 2 bridgehead atoms. The van der Waals surface area contributed by atoms with E-state index in [1.807, 2.05) is 0 Å². The lowest BCUT2D eigenvalue weighted by Crippen LogP contribution is -2.40. The van der Waals surface area contributed by atoms with Gasteiger partial charge in [-0.1, -0.05) is 13.8 Å². The summed E-state index contributed by atoms with van der Waals surface area (Å²) in [6.45, 7) is 6.43. The molecule has 0 aromatic rings. The molecule has 68 valence electrons. The summed E-state index contributed by atoms with van der Waals surface area (Å²) in [5, 5.41) is 0. The highest BCUT2D eigenvalue weighted by Gasteiger charge is 2.48. The summed E-state index contributed by atoms with van der Waals surface area (Å²) in [7, 11) is 2.12. The van der Waals surface area contributed by atoms with Gasteiger partial charge in [0.15, 0.2) is 0 Å². The minimum atomic E-state index is 0.337. The molecule has 2 fully saturated rings. The number of piperidine rings is 1. The van der Waals surface area contributed by atoms with Crippen LogP contribution in [0.25, 0.3) is 0 Å². The summed E-state index contributed by atoms with van der Waals surface area (Å²) in [5.74, 6) is 2.42. The Bertz CT molecular complexity index is 194. The van der Waals surface area contributed by atoms with Crippen LogP contribution in [0.4, 0.5) is 0 Å². The van der Waals surface area contributed by atoms with Gasteiger partial charge in [0.1, 0.15) is 5.78 Å². The van der Waals surface area contributed by atoms with Crippen LogP contribution < -0.4 is 0 Å². The van der Waals surface area contributed by atoms with E-state index >= 15 is 0 Å².